The van der Waals surface area contributed by atoms with Crippen LogP contribution in [0.15, 0.2) is 0 Å². The smallest absolute Gasteiger partial charge is 0.331 e. The second kappa shape index (κ2) is 4.59. The Hall–Kier alpha value is -1.14. The third kappa shape index (κ3) is 2.45. The summed E-state index contributed by atoms with van der Waals surface area (Å²) in [5.41, 5.74) is 4.22. The predicted molar refractivity (Wildman–Crippen MR) is 52.2 cm³/mol. The summed E-state index contributed by atoms with van der Waals surface area (Å²) in [7, 11) is 0. The number of rotatable bonds is 4. The van der Waals surface area contributed by atoms with Gasteiger partial charge in [0.05, 0.1) is 12.6 Å². The van der Waals surface area contributed by atoms with Crippen LogP contribution < -0.4 is 11.1 Å². The van der Waals surface area contributed by atoms with Crippen LogP contribution in [0.1, 0.15) is 19.8 Å². The van der Waals surface area contributed by atoms with E-state index in [4.69, 9.17) is 15.6 Å². The molecular formula is C9H16N2O4. The second-order valence-corrected chi connectivity index (χ2v) is 3.69. The minimum absolute atomic E-state index is 0.00447. The Bertz CT molecular complexity index is 261. The molecule has 0 aromatic heterocycles. The quantitative estimate of drug-likeness (QED) is 0.564. The summed E-state index contributed by atoms with van der Waals surface area (Å²) in [5.74, 6) is -1.51. The number of carbonyl (C=O) groups is 2. The molecule has 1 unspecified atom stereocenters. The van der Waals surface area contributed by atoms with Crippen LogP contribution in [0.5, 0.6) is 0 Å². The summed E-state index contributed by atoms with van der Waals surface area (Å²) in [6.07, 6.45) is 0.757. The normalized spacial score (nSPS) is 27.3. The van der Waals surface area contributed by atoms with Gasteiger partial charge in [-0.2, -0.15) is 0 Å². The summed E-state index contributed by atoms with van der Waals surface area (Å²) in [6.45, 7) is 2.11. The molecule has 0 spiro atoms. The summed E-state index contributed by atoms with van der Waals surface area (Å²) in [6, 6.07) is -0.665. The highest BCUT2D eigenvalue weighted by Gasteiger charge is 2.44. The van der Waals surface area contributed by atoms with Crippen LogP contribution in [0.3, 0.4) is 0 Å². The van der Waals surface area contributed by atoms with Crippen molar-refractivity contribution in [2.24, 2.45) is 5.73 Å². The SMILES string of the molecule is CC[C@@H](N)C(=O)NC1(C(=O)O)CCOC1. The summed E-state index contributed by atoms with van der Waals surface area (Å²) < 4.78 is 5.00. The molecule has 0 aliphatic carbocycles. The second-order valence-electron chi connectivity index (χ2n) is 3.69. The van der Waals surface area contributed by atoms with Crippen molar-refractivity contribution in [2.45, 2.75) is 31.3 Å². The topological polar surface area (TPSA) is 102 Å². The van der Waals surface area contributed by atoms with Gasteiger partial charge in [0.15, 0.2) is 5.54 Å². The van der Waals surface area contributed by atoms with E-state index in [0.29, 0.717) is 13.0 Å². The van der Waals surface area contributed by atoms with E-state index in [1.165, 1.54) is 0 Å². The van der Waals surface area contributed by atoms with Crippen molar-refractivity contribution >= 4 is 11.9 Å². The molecule has 1 aliphatic heterocycles. The molecule has 1 amide bonds. The first-order valence-electron chi connectivity index (χ1n) is 4.90. The molecule has 1 rings (SSSR count). The highest BCUT2D eigenvalue weighted by Crippen LogP contribution is 2.19. The predicted octanol–water partition coefficient (Wildman–Crippen LogP) is -0.916. The van der Waals surface area contributed by atoms with E-state index in [9.17, 15) is 9.59 Å². The Morgan fingerprint density at radius 2 is 2.33 bits per heavy atom. The molecule has 4 N–H and O–H groups in total. The molecule has 1 aliphatic rings. The standard InChI is InChI=1S/C9H16N2O4/c1-2-6(10)7(12)11-9(8(13)14)3-4-15-5-9/h6H,2-5,10H2,1H3,(H,11,12)(H,13,14)/t6-,9?/m1/s1. The van der Waals surface area contributed by atoms with Gasteiger partial charge in [-0.3, -0.25) is 4.79 Å². The van der Waals surface area contributed by atoms with Gasteiger partial charge in [-0.15, -0.1) is 0 Å². The number of carboxylic acid groups (broad SMARTS) is 1. The van der Waals surface area contributed by atoms with E-state index in [2.05, 4.69) is 5.32 Å². The van der Waals surface area contributed by atoms with E-state index in [1.54, 1.807) is 6.92 Å². The number of amides is 1. The van der Waals surface area contributed by atoms with Gasteiger partial charge in [-0.25, -0.2) is 4.79 Å². The molecule has 2 atom stereocenters. The molecule has 0 saturated carbocycles. The van der Waals surface area contributed by atoms with Gasteiger partial charge in [0, 0.05) is 13.0 Å². The zero-order valence-corrected chi connectivity index (χ0v) is 8.66. The molecule has 6 nitrogen and oxygen atoms in total. The number of ether oxygens (including phenoxy) is 1. The Labute approximate surface area is 87.8 Å². The molecule has 15 heavy (non-hydrogen) atoms. The molecule has 0 aromatic rings. The summed E-state index contributed by atoms with van der Waals surface area (Å²) >= 11 is 0. The molecular weight excluding hydrogens is 200 g/mol. The molecule has 6 heteroatoms. The van der Waals surface area contributed by atoms with Gasteiger partial charge in [-0.1, -0.05) is 6.92 Å². The van der Waals surface area contributed by atoms with Crippen molar-refractivity contribution in [3.05, 3.63) is 0 Å². The summed E-state index contributed by atoms with van der Waals surface area (Å²) in [4.78, 5) is 22.5. The lowest BCUT2D eigenvalue weighted by atomic mass is 9.98. The highest BCUT2D eigenvalue weighted by molar-refractivity contribution is 5.89. The zero-order chi connectivity index (χ0) is 11.5. The van der Waals surface area contributed by atoms with E-state index in [0.717, 1.165) is 0 Å². The Balaban J connectivity index is 2.67. The molecule has 0 bridgehead atoms. The maximum atomic E-state index is 11.5. The fraction of sp³-hybridized carbons (Fsp3) is 0.778. The lowest BCUT2D eigenvalue weighted by Crippen LogP contribution is -2.58. The highest BCUT2D eigenvalue weighted by atomic mass is 16.5. The largest absolute Gasteiger partial charge is 0.479 e. The van der Waals surface area contributed by atoms with Crippen LogP contribution in [0.4, 0.5) is 0 Å². The monoisotopic (exact) mass is 216 g/mol. The lowest BCUT2D eigenvalue weighted by Gasteiger charge is -2.25. The summed E-state index contributed by atoms with van der Waals surface area (Å²) in [5, 5.41) is 11.5. The van der Waals surface area contributed by atoms with E-state index < -0.39 is 23.5 Å². The Morgan fingerprint density at radius 1 is 1.67 bits per heavy atom. The molecule has 86 valence electrons. The molecule has 0 radical (unpaired) electrons. The first kappa shape index (κ1) is 11.9. The molecule has 1 saturated heterocycles. The fourth-order valence-electron chi connectivity index (χ4n) is 1.40. The van der Waals surface area contributed by atoms with Crippen LogP contribution in [0.25, 0.3) is 0 Å². The van der Waals surface area contributed by atoms with Crippen LogP contribution in [-0.4, -0.2) is 41.8 Å². The molecule has 1 fully saturated rings. The van der Waals surface area contributed by atoms with Crippen molar-refractivity contribution in [3.63, 3.8) is 0 Å². The minimum atomic E-state index is -1.29. The van der Waals surface area contributed by atoms with Gasteiger partial charge in [0.25, 0.3) is 0 Å². The van der Waals surface area contributed by atoms with Gasteiger partial charge in [0.2, 0.25) is 5.91 Å². The minimum Gasteiger partial charge on any atom is -0.479 e. The maximum Gasteiger partial charge on any atom is 0.331 e. The van der Waals surface area contributed by atoms with Crippen molar-refractivity contribution in [2.75, 3.05) is 13.2 Å². The van der Waals surface area contributed by atoms with Crippen LogP contribution in [0, 0.1) is 0 Å². The van der Waals surface area contributed by atoms with Gasteiger partial charge >= 0.3 is 5.97 Å². The van der Waals surface area contributed by atoms with Crippen LogP contribution in [-0.2, 0) is 14.3 Å². The van der Waals surface area contributed by atoms with Crippen molar-refractivity contribution in [1.29, 1.82) is 0 Å². The molecule has 1 heterocycles. The first-order valence-corrected chi connectivity index (χ1v) is 4.90. The van der Waals surface area contributed by atoms with E-state index in [1.807, 2.05) is 0 Å². The number of aliphatic carboxylic acids is 1. The van der Waals surface area contributed by atoms with Crippen molar-refractivity contribution < 1.29 is 19.4 Å². The Morgan fingerprint density at radius 3 is 2.73 bits per heavy atom. The van der Waals surface area contributed by atoms with E-state index >= 15 is 0 Å². The van der Waals surface area contributed by atoms with Crippen LogP contribution >= 0.6 is 0 Å². The maximum absolute atomic E-state index is 11.5. The number of hydrogen-bond acceptors (Lipinski definition) is 4. The van der Waals surface area contributed by atoms with Crippen molar-refractivity contribution in [3.8, 4) is 0 Å². The number of nitrogens with one attached hydrogen (secondary N) is 1. The molecule has 0 aromatic carbocycles. The third-order valence-electron chi connectivity index (χ3n) is 2.57. The first-order chi connectivity index (χ1) is 7.02. The van der Waals surface area contributed by atoms with Gasteiger partial charge < -0.3 is 20.9 Å². The number of carbonyl (C=O) groups excluding carboxylic acids is 1. The van der Waals surface area contributed by atoms with Gasteiger partial charge in [-0.05, 0) is 6.42 Å². The zero-order valence-electron chi connectivity index (χ0n) is 8.66. The lowest BCUT2D eigenvalue weighted by molar-refractivity contribution is -0.147. The van der Waals surface area contributed by atoms with Crippen LogP contribution in [0.2, 0.25) is 0 Å². The van der Waals surface area contributed by atoms with E-state index in [-0.39, 0.29) is 13.0 Å². The fourth-order valence-corrected chi connectivity index (χ4v) is 1.40. The third-order valence-corrected chi connectivity index (χ3v) is 2.57. The average molecular weight is 216 g/mol. The van der Waals surface area contributed by atoms with Gasteiger partial charge in [0.1, 0.15) is 0 Å². The number of carboxylic acids is 1. The Kier molecular flexibility index (Phi) is 3.65. The average Bonchev–Trinajstić information content (AvgIpc) is 2.66. The van der Waals surface area contributed by atoms with Crippen molar-refractivity contribution in [1.82, 2.24) is 5.32 Å². The number of nitrogens with two attached hydrogens (primary N) is 1. The number of hydrogen-bond donors (Lipinski definition) is 3.